The molecule has 6 rings (SSSR count). The number of hydrogen-bond acceptors (Lipinski definition) is 4. The second-order valence-electron chi connectivity index (χ2n) is 10.9. The average Bonchev–Trinajstić information content (AvgIpc) is 3.23. The van der Waals surface area contributed by atoms with Crippen LogP contribution in [0.3, 0.4) is 0 Å². The highest BCUT2D eigenvalue weighted by atomic mass is 16.2. The Morgan fingerprint density at radius 2 is 1.69 bits per heavy atom. The van der Waals surface area contributed by atoms with Crippen molar-refractivity contribution < 1.29 is 4.79 Å². The summed E-state index contributed by atoms with van der Waals surface area (Å²) >= 11 is 0. The zero-order valence-electron chi connectivity index (χ0n) is 20.4. The standard InChI is InChI=1S/C29H35N5O/c35-26(32-22-29(11-4-5-12-29)23-8-2-1-3-9-23)25-20-28(25)13-18-33(19-14-28)21-24-10-6-17-34(24)27-30-15-7-16-31-27/h1-3,6-10,15-17,25H,4-5,11-14,18-22H2,(H,32,35). The van der Waals surface area contributed by atoms with Gasteiger partial charge in [-0.25, -0.2) is 9.97 Å². The predicted octanol–water partition coefficient (Wildman–Crippen LogP) is 4.50. The van der Waals surface area contributed by atoms with E-state index in [0.29, 0.717) is 0 Å². The number of amides is 1. The topological polar surface area (TPSA) is 63.1 Å². The van der Waals surface area contributed by atoms with Crippen molar-refractivity contribution in [1.29, 1.82) is 0 Å². The van der Waals surface area contributed by atoms with Crippen molar-refractivity contribution in [3.05, 3.63) is 78.4 Å². The zero-order chi connectivity index (χ0) is 23.7. The van der Waals surface area contributed by atoms with Gasteiger partial charge in [-0.2, -0.15) is 0 Å². The van der Waals surface area contributed by atoms with Crippen LogP contribution in [-0.2, 0) is 16.8 Å². The molecule has 1 amide bonds. The van der Waals surface area contributed by atoms with Crippen molar-refractivity contribution in [3.63, 3.8) is 0 Å². The Kier molecular flexibility index (Phi) is 5.93. The molecule has 3 aliphatic rings. The van der Waals surface area contributed by atoms with Crippen LogP contribution in [0.5, 0.6) is 0 Å². The molecule has 1 aromatic carbocycles. The van der Waals surface area contributed by atoms with Crippen LogP contribution < -0.4 is 5.32 Å². The Hall–Kier alpha value is -2.99. The fraction of sp³-hybridized carbons (Fsp3) is 0.483. The van der Waals surface area contributed by atoms with Crippen molar-refractivity contribution in [2.45, 2.75) is 56.9 Å². The largest absolute Gasteiger partial charge is 0.355 e. The average molecular weight is 470 g/mol. The molecule has 6 nitrogen and oxygen atoms in total. The van der Waals surface area contributed by atoms with Gasteiger partial charge in [-0.1, -0.05) is 43.2 Å². The van der Waals surface area contributed by atoms with Crippen molar-refractivity contribution in [1.82, 2.24) is 24.8 Å². The number of carbonyl (C=O) groups is 1. The van der Waals surface area contributed by atoms with Crippen molar-refractivity contribution >= 4 is 5.91 Å². The molecule has 182 valence electrons. The molecule has 1 atom stereocenters. The third kappa shape index (κ3) is 4.40. The Labute approximate surface area is 207 Å². The highest BCUT2D eigenvalue weighted by Crippen LogP contribution is 2.59. The highest BCUT2D eigenvalue weighted by molar-refractivity contribution is 5.82. The number of hydrogen-bond donors (Lipinski definition) is 1. The highest BCUT2D eigenvalue weighted by Gasteiger charge is 2.58. The van der Waals surface area contributed by atoms with E-state index in [4.69, 9.17) is 0 Å². The SMILES string of the molecule is O=C(NCC1(c2ccccc2)CCCC1)C1CC12CCN(Cc1cccn1-c1ncccn1)CC2. The van der Waals surface area contributed by atoms with Crippen molar-refractivity contribution in [3.8, 4) is 5.95 Å². The molecule has 35 heavy (non-hydrogen) atoms. The smallest absolute Gasteiger partial charge is 0.233 e. The van der Waals surface area contributed by atoms with E-state index in [2.05, 4.69) is 67.2 Å². The first kappa shape index (κ1) is 22.5. The molecule has 2 aromatic heterocycles. The molecule has 3 heterocycles. The molecule has 0 bridgehead atoms. The summed E-state index contributed by atoms with van der Waals surface area (Å²) in [4.78, 5) is 24.5. The Bertz CT molecular complexity index is 1140. The van der Waals surface area contributed by atoms with Gasteiger partial charge in [0, 0.05) is 48.7 Å². The number of nitrogens with zero attached hydrogens (tertiary/aromatic N) is 4. The van der Waals surface area contributed by atoms with Gasteiger partial charge in [0.1, 0.15) is 0 Å². The number of piperidine rings is 1. The molecule has 1 spiro atoms. The Morgan fingerprint density at radius 3 is 2.43 bits per heavy atom. The number of likely N-dealkylation sites (tertiary alicyclic amines) is 1. The summed E-state index contributed by atoms with van der Waals surface area (Å²) in [5.74, 6) is 1.20. The summed E-state index contributed by atoms with van der Waals surface area (Å²) in [5.41, 5.74) is 2.95. The second kappa shape index (κ2) is 9.23. The molecule has 6 heteroatoms. The first-order valence-corrected chi connectivity index (χ1v) is 13.2. The zero-order valence-corrected chi connectivity index (χ0v) is 20.4. The summed E-state index contributed by atoms with van der Waals surface area (Å²) in [7, 11) is 0. The third-order valence-corrected chi connectivity index (χ3v) is 8.89. The van der Waals surface area contributed by atoms with Crippen molar-refractivity contribution in [2.24, 2.45) is 11.3 Å². The molecule has 1 saturated heterocycles. The van der Waals surface area contributed by atoms with E-state index < -0.39 is 0 Å². The van der Waals surface area contributed by atoms with Gasteiger partial charge in [-0.3, -0.25) is 14.3 Å². The van der Waals surface area contributed by atoms with Gasteiger partial charge in [0.2, 0.25) is 11.9 Å². The van der Waals surface area contributed by atoms with Crippen LogP contribution in [0, 0.1) is 11.3 Å². The number of rotatable bonds is 7. The molecular formula is C29H35N5O. The second-order valence-corrected chi connectivity index (χ2v) is 10.9. The molecule has 1 aliphatic heterocycles. The van der Waals surface area contributed by atoms with E-state index in [9.17, 15) is 4.79 Å². The number of benzene rings is 1. The minimum absolute atomic E-state index is 0.125. The summed E-state index contributed by atoms with van der Waals surface area (Å²) in [6.45, 7) is 3.75. The van der Waals surface area contributed by atoms with Crippen molar-refractivity contribution in [2.75, 3.05) is 19.6 Å². The van der Waals surface area contributed by atoms with Crippen LogP contribution in [0.25, 0.3) is 5.95 Å². The molecule has 1 unspecified atom stereocenters. The van der Waals surface area contributed by atoms with Crippen LogP contribution >= 0.6 is 0 Å². The van der Waals surface area contributed by atoms with E-state index in [1.807, 2.05) is 12.3 Å². The normalized spacial score (nSPS) is 22.8. The number of carbonyl (C=O) groups excluding carboxylic acids is 1. The van der Waals surface area contributed by atoms with Crippen LogP contribution in [0.2, 0.25) is 0 Å². The molecule has 0 radical (unpaired) electrons. The molecular weight excluding hydrogens is 434 g/mol. The van der Waals surface area contributed by atoms with E-state index >= 15 is 0 Å². The summed E-state index contributed by atoms with van der Waals surface area (Å²) in [6.07, 6.45) is 13.7. The lowest BCUT2D eigenvalue weighted by Gasteiger charge is -2.33. The van der Waals surface area contributed by atoms with E-state index in [0.717, 1.165) is 51.4 Å². The molecule has 1 N–H and O–H groups in total. The van der Waals surface area contributed by atoms with E-state index in [1.54, 1.807) is 12.4 Å². The van der Waals surface area contributed by atoms with Gasteiger partial charge in [0.05, 0.1) is 0 Å². The van der Waals surface area contributed by atoms with Gasteiger partial charge in [0.15, 0.2) is 0 Å². The lowest BCUT2D eigenvalue weighted by Crippen LogP contribution is -2.41. The Balaban J connectivity index is 1.03. The lowest BCUT2D eigenvalue weighted by molar-refractivity contribution is -0.123. The molecule has 2 saturated carbocycles. The van der Waals surface area contributed by atoms with Crippen LogP contribution in [-0.4, -0.2) is 45.0 Å². The maximum Gasteiger partial charge on any atom is 0.233 e. The number of aromatic nitrogens is 3. The molecule has 3 fully saturated rings. The molecule has 3 aromatic rings. The molecule has 2 aliphatic carbocycles. The Morgan fingerprint density at radius 1 is 0.943 bits per heavy atom. The van der Waals surface area contributed by atoms with E-state index in [1.165, 1.54) is 36.9 Å². The predicted molar refractivity (Wildman–Crippen MR) is 136 cm³/mol. The van der Waals surface area contributed by atoms with Gasteiger partial charge in [-0.05, 0) is 74.4 Å². The van der Waals surface area contributed by atoms with Gasteiger partial charge < -0.3 is 5.32 Å². The minimum atomic E-state index is 0.125. The fourth-order valence-corrected chi connectivity index (χ4v) is 6.60. The monoisotopic (exact) mass is 469 g/mol. The van der Waals surface area contributed by atoms with Crippen LogP contribution in [0.4, 0.5) is 0 Å². The van der Waals surface area contributed by atoms with Gasteiger partial charge >= 0.3 is 0 Å². The number of nitrogens with one attached hydrogen (secondary N) is 1. The van der Waals surface area contributed by atoms with Gasteiger partial charge in [-0.15, -0.1) is 0 Å². The first-order chi connectivity index (χ1) is 17.2. The maximum absolute atomic E-state index is 13.2. The lowest BCUT2D eigenvalue weighted by atomic mass is 9.78. The third-order valence-electron chi connectivity index (χ3n) is 8.89. The summed E-state index contributed by atoms with van der Waals surface area (Å²) in [5, 5.41) is 3.40. The van der Waals surface area contributed by atoms with Crippen LogP contribution in [0.15, 0.2) is 67.1 Å². The quantitative estimate of drug-likeness (QED) is 0.554. The summed E-state index contributed by atoms with van der Waals surface area (Å²) < 4.78 is 2.07. The van der Waals surface area contributed by atoms with Gasteiger partial charge in [0.25, 0.3) is 0 Å². The maximum atomic E-state index is 13.2. The van der Waals surface area contributed by atoms with Crippen LogP contribution in [0.1, 0.15) is 56.2 Å². The minimum Gasteiger partial charge on any atom is -0.355 e. The summed E-state index contributed by atoms with van der Waals surface area (Å²) in [6, 6.07) is 16.9. The fourth-order valence-electron chi connectivity index (χ4n) is 6.60. The van der Waals surface area contributed by atoms with E-state index in [-0.39, 0.29) is 22.7 Å². The first-order valence-electron chi connectivity index (χ1n) is 13.2.